The zero-order valence-electron chi connectivity index (χ0n) is 9.94. The average molecular weight is 308 g/mol. The number of aromatic amines is 2. The van der Waals surface area contributed by atoms with Gasteiger partial charge >= 0.3 is 0 Å². The number of rotatable bonds is 3. The topological polar surface area (TPSA) is 90.4 Å². The second-order valence-corrected chi connectivity index (χ2v) is 4.71. The van der Waals surface area contributed by atoms with Crippen molar-refractivity contribution < 1.29 is 4.74 Å². The SMILES string of the molecule is N#CCOc1cc(Cl)c(Cl)c2[nH]nc(-c3cn[nH]c3)c12. The number of nitrogens with zero attached hydrogens (tertiary/aromatic N) is 3. The lowest BCUT2D eigenvalue weighted by molar-refractivity contribution is 0.373. The van der Waals surface area contributed by atoms with Crippen molar-refractivity contribution in [3.63, 3.8) is 0 Å². The van der Waals surface area contributed by atoms with Gasteiger partial charge in [0.1, 0.15) is 17.5 Å². The Labute approximate surface area is 123 Å². The Balaban J connectivity index is 2.28. The van der Waals surface area contributed by atoms with Gasteiger partial charge in [-0.3, -0.25) is 10.2 Å². The average Bonchev–Trinajstić information content (AvgIpc) is 3.09. The summed E-state index contributed by atoms with van der Waals surface area (Å²) >= 11 is 12.2. The number of nitrogens with one attached hydrogen (secondary N) is 2. The predicted octanol–water partition coefficient (Wildman–Crippen LogP) is 3.16. The number of H-pyrrole nitrogens is 2. The van der Waals surface area contributed by atoms with Gasteiger partial charge in [0.25, 0.3) is 0 Å². The first-order chi connectivity index (χ1) is 9.72. The molecular formula is C12H7Cl2N5O. The van der Waals surface area contributed by atoms with E-state index >= 15 is 0 Å². The molecule has 20 heavy (non-hydrogen) atoms. The third-order valence-corrected chi connectivity index (χ3v) is 3.55. The molecule has 6 nitrogen and oxygen atoms in total. The summed E-state index contributed by atoms with van der Waals surface area (Å²) in [7, 11) is 0. The molecule has 2 heterocycles. The van der Waals surface area contributed by atoms with Crippen LogP contribution in [0.25, 0.3) is 22.2 Å². The van der Waals surface area contributed by atoms with Crippen LogP contribution in [0.1, 0.15) is 0 Å². The number of aromatic nitrogens is 4. The maximum Gasteiger partial charge on any atom is 0.174 e. The van der Waals surface area contributed by atoms with Gasteiger partial charge in [-0.05, 0) is 0 Å². The van der Waals surface area contributed by atoms with Crippen LogP contribution in [0.15, 0.2) is 18.5 Å². The summed E-state index contributed by atoms with van der Waals surface area (Å²) in [6.07, 6.45) is 3.33. The van der Waals surface area contributed by atoms with E-state index in [2.05, 4.69) is 20.4 Å². The number of hydrogen-bond acceptors (Lipinski definition) is 4. The Kier molecular flexibility index (Phi) is 3.22. The molecule has 2 aromatic heterocycles. The van der Waals surface area contributed by atoms with Gasteiger partial charge in [0, 0.05) is 17.8 Å². The molecule has 8 heteroatoms. The summed E-state index contributed by atoms with van der Waals surface area (Å²) in [6, 6.07) is 3.49. The third-order valence-electron chi connectivity index (χ3n) is 2.76. The van der Waals surface area contributed by atoms with E-state index in [9.17, 15) is 0 Å². The van der Waals surface area contributed by atoms with E-state index in [1.54, 1.807) is 18.5 Å². The van der Waals surface area contributed by atoms with E-state index in [4.69, 9.17) is 33.2 Å². The zero-order chi connectivity index (χ0) is 14.1. The van der Waals surface area contributed by atoms with Gasteiger partial charge in [0.05, 0.1) is 27.1 Å². The second kappa shape index (κ2) is 5.04. The van der Waals surface area contributed by atoms with Gasteiger partial charge in [-0.25, -0.2) is 0 Å². The lowest BCUT2D eigenvalue weighted by Gasteiger charge is -2.07. The van der Waals surface area contributed by atoms with Crippen LogP contribution in [-0.2, 0) is 0 Å². The van der Waals surface area contributed by atoms with Crippen LogP contribution in [0.2, 0.25) is 10.0 Å². The molecule has 0 aliphatic rings. The van der Waals surface area contributed by atoms with Crippen LogP contribution in [0, 0.1) is 11.3 Å². The van der Waals surface area contributed by atoms with E-state index in [1.807, 2.05) is 6.07 Å². The maximum absolute atomic E-state index is 8.65. The smallest absolute Gasteiger partial charge is 0.174 e. The van der Waals surface area contributed by atoms with Crippen LogP contribution in [0.3, 0.4) is 0 Å². The maximum atomic E-state index is 8.65. The number of benzene rings is 1. The molecule has 0 atom stereocenters. The van der Waals surface area contributed by atoms with Gasteiger partial charge in [0.2, 0.25) is 0 Å². The monoisotopic (exact) mass is 307 g/mol. The van der Waals surface area contributed by atoms with Gasteiger partial charge in [-0.2, -0.15) is 15.5 Å². The fraction of sp³-hybridized carbons (Fsp3) is 0.0833. The van der Waals surface area contributed by atoms with Gasteiger partial charge < -0.3 is 4.74 Å². The molecule has 0 aliphatic heterocycles. The molecule has 0 amide bonds. The van der Waals surface area contributed by atoms with Crippen molar-refractivity contribution in [2.45, 2.75) is 0 Å². The minimum absolute atomic E-state index is 0.0942. The van der Waals surface area contributed by atoms with Crippen LogP contribution < -0.4 is 4.74 Å². The number of ether oxygens (including phenoxy) is 1. The molecule has 1 aromatic carbocycles. The molecule has 0 saturated carbocycles. The minimum atomic E-state index is -0.0942. The quantitative estimate of drug-likeness (QED) is 0.777. The summed E-state index contributed by atoms with van der Waals surface area (Å²) < 4.78 is 5.41. The highest BCUT2D eigenvalue weighted by Crippen LogP contribution is 2.40. The molecule has 0 radical (unpaired) electrons. The lowest BCUT2D eigenvalue weighted by atomic mass is 10.1. The van der Waals surface area contributed by atoms with E-state index in [-0.39, 0.29) is 6.61 Å². The Bertz CT molecular complexity index is 803. The second-order valence-electron chi connectivity index (χ2n) is 3.93. The molecule has 3 rings (SSSR count). The summed E-state index contributed by atoms with van der Waals surface area (Å²) in [5.74, 6) is 0.445. The molecule has 0 aliphatic carbocycles. The minimum Gasteiger partial charge on any atom is -0.478 e. The van der Waals surface area contributed by atoms with Gasteiger partial charge in [-0.15, -0.1) is 0 Å². The number of halogens is 2. The molecule has 3 aromatic rings. The predicted molar refractivity (Wildman–Crippen MR) is 74.8 cm³/mol. The summed E-state index contributed by atoms with van der Waals surface area (Å²) in [4.78, 5) is 0. The fourth-order valence-electron chi connectivity index (χ4n) is 1.92. The molecule has 0 saturated heterocycles. The van der Waals surface area contributed by atoms with Crippen molar-refractivity contribution in [2.24, 2.45) is 0 Å². The number of fused-ring (bicyclic) bond motifs is 1. The Morgan fingerprint density at radius 2 is 2.25 bits per heavy atom. The molecule has 2 N–H and O–H groups in total. The van der Waals surface area contributed by atoms with Crippen molar-refractivity contribution in [2.75, 3.05) is 6.61 Å². The van der Waals surface area contributed by atoms with E-state index in [0.29, 0.717) is 32.4 Å². The van der Waals surface area contributed by atoms with Crippen LogP contribution in [0.4, 0.5) is 0 Å². The molecular weight excluding hydrogens is 301 g/mol. The molecule has 0 fully saturated rings. The first-order valence-corrected chi connectivity index (χ1v) is 6.33. The molecule has 0 bridgehead atoms. The summed E-state index contributed by atoms with van der Waals surface area (Å²) in [5, 5.41) is 23.7. The van der Waals surface area contributed by atoms with Crippen molar-refractivity contribution in [3.8, 4) is 23.1 Å². The Morgan fingerprint density at radius 1 is 1.40 bits per heavy atom. The van der Waals surface area contributed by atoms with E-state index in [1.165, 1.54) is 0 Å². The van der Waals surface area contributed by atoms with Gasteiger partial charge in [-0.1, -0.05) is 23.2 Å². The summed E-state index contributed by atoms with van der Waals surface area (Å²) in [6.45, 7) is -0.0942. The Morgan fingerprint density at radius 3 is 2.95 bits per heavy atom. The van der Waals surface area contributed by atoms with E-state index < -0.39 is 0 Å². The van der Waals surface area contributed by atoms with Crippen LogP contribution in [0.5, 0.6) is 5.75 Å². The first kappa shape index (κ1) is 12.8. The molecule has 100 valence electrons. The van der Waals surface area contributed by atoms with Crippen molar-refractivity contribution >= 4 is 34.1 Å². The van der Waals surface area contributed by atoms with Crippen molar-refractivity contribution in [1.82, 2.24) is 20.4 Å². The number of hydrogen-bond donors (Lipinski definition) is 2. The van der Waals surface area contributed by atoms with Crippen molar-refractivity contribution in [1.29, 1.82) is 5.26 Å². The highest BCUT2D eigenvalue weighted by Gasteiger charge is 2.19. The summed E-state index contributed by atoms with van der Waals surface area (Å²) in [5.41, 5.74) is 1.96. The van der Waals surface area contributed by atoms with Crippen molar-refractivity contribution in [3.05, 3.63) is 28.5 Å². The highest BCUT2D eigenvalue weighted by atomic mass is 35.5. The highest BCUT2D eigenvalue weighted by molar-refractivity contribution is 6.45. The first-order valence-electron chi connectivity index (χ1n) is 5.57. The standard InChI is InChI=1S/C12H7Cl2N5O/c13-7-3-8(20-2-1-15)9-11(6-4-16-17-5-6)18-19-12(9)10(7)14/h3-5H,2H2,(H,16,17)(H,18,19). The molecule has 0 spiro atoms. The zero-order valence-corrected chi connectivity index (χ0v) is 11.5. The van der Waals surface area contributed by atoms with Crippen LogP contribution in [-0.4, -0.2) is 27.0 Å². The fourth-order valence-corrected chi connectivity index (χ4v) is 2.31. The largest absolute Gasteiger partial charge is 0.478 e. The normalized spacial score (nSPS) is 10.7. The molecule has 0 unspecified atom stereocenters. The number of nitriles is 1. The Hall–Kier alpha value is -2.23. The van der Waals surface area contributed by atoms with E-state index in [0.717, 1.165) is 5.56 Å². The lowest BCUT2D eigenvalue weighted by Crippen LogP contribution is -1.94. The van der Waals surface area contributed by atoms with Gasteiger partial charge in [0.15, 0.2) is 6.61 Å². The third kappa shape index (κ3) is 1.97. The van der Waals surface area contributed by atoms with Crippen LogP contribution >= 0.6 is 23.2 Å².